The Kier molecular flexibility index (Phi) is 3.23. The number of aliphatic hydroxyl groups is 1. The first-order valence-electron chi connectivity index (χ1n) is 8.87. The van der Waals surface area contributed by atoms with Crippen LogP contribution in [0.5, 0.6) is 11.5 Å². The molecule has 1 aromatic carbocycles. The molecule has 3 aliphatic rings. The highest BCUT2D eigenvalue weighted by Crippen LogP contribution is 2.64. The maximum Gasteiger partial charge on any atom is 0.160 e. The van der Waals surface area contributed by atoms with E-state index in [1.165, 1.54) is 5.56 Å². The summed E-state index contributed by atoms with van der Waals surface area (Å²) >= 11 is 0. The lowest BCUT2D eigenvalue weighted by atomic mass is 9.53. The second-order valence-corrected chi connectivity index (χ2v) is 8.15. The van der Waals surface area contributed by atoms with Crippen molar-refractivity contribution in [2.45, 2.75) is 57.0 Å². The van der Waals surface area contributed by atoms with Gasteiger partial charge in [0.15, 0.2) is 11.5 Å². The van der Waals surface area contributed by atoms with Crippen LogP contribution < -0.4 is 5.73 Å². The van der Waals surface area contributed by atoms with Gasteiger partial charge in [0.1, 0.15) is 0 Å². The van der Waals surface area contributed by atoms with Gasteiger partial charge in [0.2, 0.25) is 0 Å². The van der Waals surface area contributed by atoms with Gasteiger partial charge in [-0.15, -0.1) is 0 Å². The molecule has 4 nitrogen and oxygen atoms in total. The topological polar surface area (TPSA) is 86.7 Å². The highest BCUT2D eigenvalue weighted by atomic mass is 16.3. The number of aromatic hydroxyl groups is 2. The molecular formula is C19H27NO3. The van der Waals surface area contributed by atoms with E-state index < -0.39 is 5.60 Å². The van der Waals surface area contributed by atoms with Crippen LogP contribution in [0.4, 0.5) is 0 Å². The molecule has 0 aliphatic heterocycles. The summed E-state index contributed by atoms with van der Waals surface area (Å²) in [6.45, 7) is 2.58. The number of phenolic OH excluding ortho intramolecular Hbond substituents is 2. The number of benzene rings is 1. The van der Waals surface area contributed by atoms with Crippen LogP contribution in [0.2, 0.25) is 0 Å². The summed E-state index contributed by atoms with van der Waals surface area (Å²) in [7, 11) is 0. The van der Waals surface area contributed by atoms with Crippen LogP contribution in [0, 0.1) is 17.3 Å². The highest BCUT2D eigenvalue weighted by molar-refractivity contribution is 5.51. The van der Waals surface area contributed by atoms with Crippen molar-refractivity contribution in [1.82, 2.24) is 0 Å². The van der Waals surface area contributed by atoms with Crippen LogP contribution in [0.1, 0.15) is 56.1 Å². The molecule has 0 aromatic heterocycles. The van der Waals surface area contributed by atoms with Crippen molar-refractivity contribution in [3.05, 3.63) is 23.3 Å². The molecule has 23 heavy (non-hydrogen) atoms. The SMILES string of the molecule is C[C@]12CC[C@@H]3c4ccc(O)c(O)c4CC[C@H]3[C@@H]1CCC2(O)CN. The zero-order chi connectivity index (χ0) is 16.4. The largest absolute Gasteiger partial charge is 0.504 e. The van der Waals surface area contributed by atoms with Crippen LogP contribution in [0.15, 0.2) is 12.1 Å². The van der Waals surface area contributed by atoms with Gasteiger partial charge in [-0.2, -0.15) is 0 Å². The molecule has 5 N–H and O–H groups in total. The predicted molar refractivity (Wildman–Crippen MR) is 88.4 cm³/mol. The number of hydrogen-bond acceptors (Lipinski definition) is 4. The molecule has 1 aromatic rings. The van der Waals surface area contributed by atoms with E-state index >= 15 is 0 Å². The Bertz CT molecular complexity index is 646. The van der Waals surface area contributed by atoms with Crippen molar-refractivity contribution in [2.75, 3.05) is 6.54 Å². The molecule has 4 heteroatoms. The summed E-state index contributed by atoms with van der Waals surface area (Å²) in [6, 6.07) is 3.61. The minimum Gasteiger partial charge on any atom is -0.504 e. The summed E-state index contributed by atoms with van der Waals surface area (Å²) in [5, 5.41) is 31.0. The van der Waals surface area contributed by atoms with Crippen LogP contribution in [0.3, 0.4) is 0 Å². The average molecular weight is 317 g/mol. The monoisotopic (exact) mass is 317 g/mol. The molecule has 0 radical (unpaired) electrons. The molecule has 0 saturated heterocycles. The average Bonchev–Trinajstić information content (AvgIpc) is 2.83. The molecular weight excluding hydrogens is 290 g/mol. The molecule has 0 heterocycles. The Labute approximate surface area is 137 Å². The van der Waals surface area contributed by atoms with Crippen molar-refractivity contribution in [3.63, 3.8) is 0 Å². The fourth-order valence-electron chi connectivity index (χ4n) is 6.08. The van der Waals surface area contributed by atoms with Crippen molar-refractivity contribution in [3.8, 4) is 11.5 Å². The highest BCUT2D eigenvalue weighted by Gasteiger charge is 2.60. The Morgan fingerprint density at radius 2 is 1.96 bits per heavy atom. The van der Waals surface area contributed by atoms with Crippen molar-refractivity contribution >= 4 is 0 Å². The first-order chi connectivity index (χ1) is 10.9. The summed E-state index contributed by atoms with van der Waals surface area (Å²) < 4.78 is 0. The molecule has 2 saturated carbocycles. The van der Waals surface area contributed by atoms with Gasteiger partial charge < -0.3 is 21.1 Å². The van der Waals surface area contributed by atoms with Crippen LogP contribution in [0.25, 0.3) is 0 Å². The Hall–Kier alpha value is -1.26. The standard InChI is InChI=1S/C19H27NO3/c1-18-8-6-12-11-4-5-16(21)17(22)14(11)3-2-13(12)15(18)7-9-19(18,23)10-20/h4-5,12-13,15,21-23H,2-3,6-10,20H2,1H3/t12-,13-,15+,18+,19?/m1/s1. The van der Waals surface area contributed by atoms with E-state index in [1.54, 1.807) is 6.07 Å². The number of nitrogens with two attached hydrogens (primary N) is 1. The van der Waals surface area contributed by atoms with Gasteiger partial charge in [-0.25, -0.2) is 0 Å². The minimum atomic E-state index is -0.722. The lowest BCUT2D eigenvalue weighted by molar-refractivity contribution is -0.0960. The Morgan fingerprint density at radius 3 is 2.70 bits per heavy atom. The fraction of sp³-hybridized carbons (Fsp3) is 0.684. The van der Waals surface area contributed by atoms with Crippen LogP contribution in [-0.2, 0) is 6.42 Å². The van der Waals surface area contributed by atoms with Crippen LogP contribution >= 0.6 is 0 Å². The van der Waals surface area contributed by atoms with Gasteiger partial charge in [-0.1, -0.05) is 13.0 Å². The van der Waals surface area contributed by atoms with Gasteiger partial charge >= 0.3 is 0 Å². The number of fused-ring (bicyclic) bond motifs is 5. The van der Waals surface area contributed by atoms with Gasteiger partial charge in [0.05, 0.1) is 5.60 Å². The van der Waals surface area contributed by atoms with Gasteiger partial charge in [-0.05, 0) is 67.9 Å². The third-order valence-electron chi connectivity index (χ3n) is 7.52. The van der Waals surface area contributed by atoms with E-state index in [1.807, 2.05) is 6.07 Å². The van der Waals surface area contributed by atoms with Crippen LogP contribution in [-0.4, -0.2) is 27.5 Å². The molecule has 4 rings (SSSR count). The van der Waals surface area contributed by atoms with E-state index in [-0.39, 0.29) is 16.9 Å². The smallest absolute Gasteiger partial charge is 0.160 e. The number of hydrogen-bond donors (Lipinski definition) is 4. The maximum absolute atomic E-state index is 11.0. The number of phenols is 2. The van der Waals surface area contributed by atoms with Crippen molar-refractivity contribution < 1.29 is 15.3 Å². The van der Waals surface area contributed by atoms with E-state index in [0.29, 0.717) is 24.3 Å². The number of rotatable bonds is 1. The second-order valence-electron chi connectivity index (χ2n) is 8.15. The van der Waals surface area contributed by atoms with E-state index in [4.69, 9.17) is 5.73 Å². The fourth-order valence-corrected chi connectivity index (χ4v) is 6.08. The second kappa shape index (κ2) is 4.87. The summed E-state index contributed by atoms with van der Waals surface area (Å²) in [4.78, 5) is 0. The Balaban J connectivity index is 1.72. The third kappa shape index (κ3) is 1.85. The van der Waals surface area contributed by atoms with E-state index in [2.05, 4.69) is 6.92 Å². The Morgan fingerprint density at radius 1 is 1.17 bits per heavy atom. The molecule has 3 aliphatic carbocycles. The predicted octanol–water partition coefficient (Wildman–Crippen LogP) is 2.64. The summed E-state index contributed by atoms with van der Waals surface area (Å²) in [6.07, 6.45) is 5.69. The molecule has 1 unspecified atom stereocenters. The molecule has 5 atom stereocenters. The zero-order valence-electron chi connectivity index (χ0n) is 13.8. The normalized spacial score (nSPS) is 42.0. The minimum absolute atomic E-state index is 0.0128. The van der Waals surface area contributed by atoms with E-state index in [0.717, 1.165) is 44.1 Å². The lowest BCUT2D eigenvalue weighted by Crippen LogP contribution is -2.54. The lowest BCUT2D eigenvalue weighted by Gasteiger charge is -2.53. The molecule has 0 amide bonds. The van der Waals surface area contributed by atoms with Gasteiger partial charge in [0.25, 0.3) is 0 Å². The first-order valence-corrected chi connectivity index (χ1v) is 8.87. The quantitative estimate of drug-likeness (QED) is 0.600. The van der Waals surface area contributed by atoms with E-state index in [9.17, 15) is 15.3 Å². The summed E-state index contributed by atoms with van der Waals surface area (Å²) in [5.41, 5.74) is 7.27. The van der Waals surface area contributed by atoms with Gasteiger partial charge in [-0.3, -0.25) is 0 Å². The van der Waals surface area contributed by atoms with Gasteiger partial charge in [0, 0.05) is 17.5 Å². The third-order valence-corrected chi connectivity index (χ3v) is 7.52. The zero-order valence-corrected chi connectivity index (χ0v) is 13.8. The van der Waals surface area contributed by atoms with Crippen molar-refractivity contribution in [1.29, 1.82) is 0 Å². The summed E-state index contributed by atoms with van der Waals surface area (Å²) in [5.74, 6) is 1.54. The molecule has 2 fully saturated rings. The van der Waals surface area contributed by atoms with Crippen molar-refractivity contribution in [2.24, 2.45) is 23.0 Å². The molecule has 0 spiro atoms. The molecule has 0 bridgehead atoms. The molecule has 126 valence electrons. The first kappa shape index (κ1) is 15.3. The maximum atomic E-state index is 11.0.